The number of carboxylic acid groups (broad SMARTS) is 1. The molecule has 2 aromatic carbocycles. The molecule has 1 aliphatic carbocycles. The lowest BCUT2D eigenvalue weighted by Gasteiger charge is -2.19. The molecule has 1 amide bonds. The molecule has 1 aliphatic heterocycles. The highest BCUT2D eigenvalue weighted by atomic mass is 31.1. The lowest BCUT2D eigenvalue weighted by molar-refractivity contribution is 0.0110. The quantitative estimate of drug-likeness (QED) is 0.0752. The number of hydrogen-bond donors (Lipinski definition) is 4. The molecule has 1 heterocycles. The van der Waals surface area contributed by atoms with Crippen LogP contribution in [0.25, 0.3) is 33.4 Å². The minimum Gasteiger partial charge on any atom is -0.478 e. The molecule has 0 spiro atoms. The Bertz CT molecular complexity index is 1730. The van der Waals surface area contributed by atoms with Gasteiger partial charge < -0.3 is 29.6 Å². The minimum atomic E-state index is -2.79. The van der Waals surface area contributed by atoms with Crippen LogP contribution in [0.2, 0.25) is 0 Å². The van der Waals surface area contributed by atoms with Gasteiger partial charge in [0.2, 0.25) is 5.36 Å². The molecule has 0 saturated heterocycles. The molecule has 2 unspecified atom stereocenters. The van der Waals surface area contributed by atoms with Gasteiger partial charge in [0.25, 0.3) is 5.91 Å². The van der Waals surface area contributed by atoms with Gasteiger partial charge in [-0.05, 0) is 48.4 Å². The molecule has 2 atom stereocenters. The number of carbonyl (C=O) groups is 2. The number of hydrogen-bond acceptors (Lipinski definition) is 8. The van der Waals surface area contributed by atoms with Gasteiger partial charge in [0.1, 0.15) is 38.1 Å². The molecule has 2 aliphatic rings. The molecular weight excluding hydrogens is 589 g/mol. The van der Waals surface area contributed by atoms with Crippen molar-refractivity contribution in [1.29, 1.82) is 0 Å². The molecule has 2 aromatic rings. The molecule has 0 radical (unpaired) electrons. The molecule has 0 aromatic heterocycles. The summed E-state index contributed by atoms with van der Waals surface area (Å²) in [6.45, 7) is 0.0706. The van der Waals surface area contributed by atoms with E-state index in [2.05, 4.69) is 9.84 Å². The first-order valence-electron chi connectivity index (χ1n) is 13.8. The maximum absolute atomic E-state index is 13.1. The van der Waals surface area contributed by atoms with Crippen LogP contribution >= 0.6 is 8.25 Å². The van der Waals surface area contributed by atoms with Gasteiger partial charge in [-0.2, -0.15) is 0 Å². The SMILES string of the molecule is CN(C)c1ccc2c(-c3cc(C(=O)NCCCOCC(O)CO[P+](=O)O)ccc3C(=O)O)c3ccc(=[N+](C)C)cc-3oc2c1. The normalized spacial score (nSPS) is 12.3. The summed E-state index contributed by atoms with van der Waals surface area (Å²) in [4.78, 5) is 36.1. The van der Waals surface area contributed by atoms with Crippen molar-refractivity contribution in [1.82, 2.24) is 9.89 Å². The van der Waals surface area contributed by atoms with E-state index < -0.39 is 20.3 Å². The van der Waals surface area contributed by atoms with Crippen LogP contribution in [0, 0.1) is 0 Å². The number of nitrogens with one attached hydrogen (secondary N) is 1. The third kappa shape index (κ3) is 7.85. The molecule has 0 fully saturated rings. The maximum atomic E-state index is 13.1. The van der Waals surface area contributed by atoms with Gasteiger partial charge in [0, 0.05) is 71.7 Å². The van der Waals surface area contributed by atoms with Crippen molar-refractivity contribution in [2.75, 3.05) is 59.5 Å². The summed E-state index contributed by atoms with van der Waals surface area (Å²) in [6, 6.07) is 16.0. The van der Waals surface area contributed by atoms with Crippen LogP contribution in [0.3, 0.4) is 0 Å². The van der Waals surface area contributed by atoms with Crippen molar-refractivity contribution in [3.63, 3.8) is 0 Å². The third-order valence-electron chi connectivity index (χ3n) is 6.94. The number of aromatic carboxylic acids is 1. The first-order valence-corrected chi connectivity index (χ1v) is 15.0. The van der Waals surface area contributed by atoms with E-state index in [1.54, 1.807) is 6.07 Å². The summed E-state index contributed by atoms with van der Waals surface area (Å²) in [5.41, 5.74) is 3.55. The monoisotopic (exact) mass is 625 g/mol. The number of anilines is 1. The van der Waals surface area contributed by atoms with Crippen LogP contribution in [0.5, 0.6) is 0 Å². The second-order valence-corrected chi connectivity index (χ2v) is 11.3. The van der Waals surface area contributed by atoms with E-state index >= 15 is 0 Å². The Labute approximate surface area is 255 Å². The average Bonchev–Trinajstić information content (AvgIpc) is 2.99. The Morgan fingerprint density at radius 1 is 1.05 bits per heavy atom. The number of aliphatic hydroxyl groups is 1. The number of carbonyl (C=O) groups excluding carboxylic acids is 1. The maximum Gasteiger partial charge on any atom is 0.694 e. The van der Waals surface area contributed by atoms with E-state index in [4.69, 9.17) is 14.0 Å². The Balaban J connectivity index is 1.65. The molecule has 44 heavy (non-hydrogen) atoms. The second kappa shape index (κ2) is 14.5. The number of rotatable bonds is 13. The number of benzene rings is 3. The summed E-state index contributed by atoms with van der Waals surface area (Å²) in [6.07, 6.45) is -0.616. The number of amides is 1. The van der Waals surface area contributed by atoms with Gasteiger partial charge in [0.05, 0.1) is 18.2 Å². The van der Waals surface area contributed by atoms with Gasteiger partial charge in [-0.1, -0.05) is 0 Å². The van der Waals surface area contributed by atoms with Crippen molar-refractivity contribution in [3.8, 4) is 22.5 Å². The fourth-order valence-electron chi connectivity index (χ4n) is 4.69. The van der Waals surface area contributed by atoms with Gasteiger partial charge in [0.15, 0.2) is 0 Å². The van der Waals surface area contributed by atoms with Crippen LogP contribution in [-0.4, -0.2) is 87.6 Å². The molecule has 13 heteroatoms. The van der Waals surface area contributed by atoms with Crippen molar-refractivity contribution in [2.45, 2.75) is 12.5 Å². The fourth-order valence-corrected chi connectivity index (χ4v) is 4.99. The highest BCUT2D eigenvalue weighted by molar-refractivity contribution is 7.32. The molecule has 12 nitrogen and oxygen atoms in total. The summed E-state index contributed by atoms with van der Waals surface area (Å²) in [5, 5.41) is 24.3. The molecule has 4 N–H and O–H groups in total. The van der Waals surface area contributed by atoms with Crippen LogP contribution < -0.4 is 20.1 Å². The van der Waals surface area contributed by atoms with Crippen molar-refractivity contribution < 1.29 is 42.9 Å². The van der Waals surface area contributed by atoms with Crippen molar-refractivity contribution in [2.24, 2.45) is 0 Å². The highest BCUT2D eigenvalue weighted by Crippen LogP contribution is 2.42. The van der Waals surface area contributed by atoms with Gasteiger partial charge in [-0.25, -0.2) is 9.37 Å². The lowest BCUT2D eigenvalue weighted by atomic mass is 9.89. The third-order valence-corrected chi connectivity index (χ3v) is 7.31. The predicted octanol–water partition coefficient (Wildman–Crippen LogP) is 3.16. The van der Waals surface area contributed by atoms with Gasteiger partial charge >= 0.3 is 14.2 Å². The zero-order valence-electron chi connectivity index (χ0n) is 24.9. The largest absolute Gasteiger partial charge is 0.694 e. The van der Waals surface area contributed by atoms with Crippen LogP contribution in [0.1, 0.15) is 27.1 Å². The van der Waals surface area contributed by atoms with E-state index in [0.29, 0.717) is 39.8 Å². The zero-order valence-corrected chi connectivity index (χ0v) is 25.8. The molecule has 232 valence electrons. The molecule has 0 bridgehead atoms. The Hall–Kier alpha value is -4.19. The Morgan fingerprint density at radius 3 is 2.50 bits per heavy atom. The van der Waals surface area contributed by atoms with Crippen molar-refractivity contribution in [3.05, 3.63) is 71.1 Å². The van der Waals surface area contributed by atoms with E-state index in [0.717, 1.165) is 11.0 Å². The van der Waals surface area contributed by atoms with Crippen LogP contribution in [-0.2, 0) is 13.8 Å². The minimum absolute atomic E-state index is 0.0467. The number of fused-ring (bicyclic) bond motifs is 2. The standard InChI is InChI=1S/C31H34N3O9P/c1-33(2)20-7-10-24-27(15-20)43-28-16-21(34(3)4)8-11-25(28)29(24)26-14-19(6-9-23(26)31(37)38)30(36)32-12-5-13-41-17-22(35)18-42-44(39)40/h6-11,14-16,22,35H,5,12-13,17-18H2,1-4H3,(H-2,32,36,37,38,39,40)/p+2. The smallest absolute Gasteiger partial charge is 0.478 e. The Kier molecular flexibility index (Phi) is 10.8. The molecule has 0 saturated carbocycles. The van der Waals surface area contributed by atoms with E-state index in [9.17, 15) is 24.4 Å². The summed E-state index contributed by atoms with van der Waals surface area (Å²) in [5.74, 6) is -0.940. The average molecular weight is 626 g/mol. The van der Waals surface area contributed by atoms with E-state index in [1.165, 1.54) is 12.1 Å². The van der Waals surface area contributed by atoms with E-state index in [-0.39, 0.29) is 43.4 Å². The van der Waals surface area contributed by atoms with E-state index in [1.807, 2.05) is 74.1 Å². The summed E-state index contributed by atoms with van der Waals surface area (Å²) >= 11 is 0. The Morgan fingerprint density at radius 2 is 1.82 bits per heavy atom. The lowest BCUT2D eigenvalue weighted by Crippen LogP contribution is -2.26. The fraction of sp³-hybridized carbons (Fsp3) is 0.323. The number of nitrogens with zero attached hydrogens (tertiary/aromatic N) is 2. The number of carboxylic acids is 1. The molecule has 4 rings (SSSR count). The van der Waals surface area contributed by atoms with Crippen LogP contribution in [0.15, 0.2) is 59.0 Å². The number of aliphatic hydroxyl groups excluding tert-OH is 1. The van der Waals surface area contributed by atoms with Gasteiger partial charge in [-0.15, -0.1) is 9.42 Å². The van der Waals surface area contributed by atoms with Crippen LogP contribution in [0.4, 0.5) is 5.69 Å². The zero-order chi connectivity index (χ0) is 32.0. The second-order valence-electron chi connectivity index (χ2n) is 10.6. The summed E-state index contributed by atoms with van der Waals surface area (Å²) < 4.78 is 28.6. The predicted molar refractivity (Wildman–Crippen MR) is 166 cm³/mol. The summed E-state index contributed by atoms with van der Waals surface area (Å²) in [7, 11) is 4.90. The molecular formula is C31H36N3O9P+2. The van der Waals surface area contributed by atoms with Gasteiger partial charge in [-0.3, -0.25) is 4.79 Å². The first kappa shape index (κ1) is 32.7. The van der Waals surface area contributed by atoms with Crippen molar-refractivity contribution >= 4 is 36.8 Å². The topological polar surface area (TPSA) is 162 Å². The first-order chi connectivity index (χ1) is 21.0. The number of ether oxygens (including phenoxy) is 1. The highest BCUT2D eigenvalue weighted by Gasteiger charge is 2.24.